The number of nitrogens with zero attached hydrogens (tertiary/aromatic N) is 1. The van der Waals surface area contributed by atoms with Crippen molar-refractivity contribution in [1.82, 2.24) is 10.2 Å². The van der Waals surface area contributed by atoms with Gasteiger partial charge in [-0.1, -0.05) is 66.7 Å². The molecule has 190 valence electrons. The lowest BCUT2D eigenvalue weighted by molar-refractivity contribution is -0.141. The van der Waals surface area contributed by atoms with Gasteiger partial charge in [-0.2, -0.15) is 0 Å². The Labute approximate surface area is 216 Å². The van der Waals surface area contributed by atoms with E-state index < -0.39 is 6.04 Å². The van der Waals surface area contributed by atoms with E-state index in [2.05, 4.69) is 5.32 Å². The maximum Gasteiger partial charge on any atom is 0.247 e. The Balaban J connectivity index is 1.67. The zero-order valence-corrected chi connectivity index (χ0v) is 20.9. The molecule has 7 heteroatoms. The van der Waals surface area contributed by atoms with Crippen LogP contribution in [0.3, 0.4) is 0 Å². The van der Waals surface area contributed by atoms with Crippen molar-refractivity contribution >= 4 is 11.8 Å². The third kappa shape index (κ3) is 6.58. The van der Waals surface area contributed by atoms with Gasteiger partial charge in [0.1, 0.15) is 11.8 Å². The summed E-state index contributed by atoms with van der Waals surface area (Å²) in [6, 6.07) is 27.1. The van der Waals surface area contributed by atoms with Crippen molar-refractivity contribution in [2.75, 3.05) is 14.2 Å². The predicted octanol–water partition coefficient (Wildman–Crippen LogP) is 4.93. The Morgan fingerprint density at radius 1 is 0.838 bits per heavy atom. The first kappa shape index (κ1) is 25.6. The Hall–Kier alpha value is -4.52. The van der Waals surface area contributed by atoms with Crippen LogP contribution in [0.4, 0.5) is 0 Å². The molecule has 1 aromatic heterocycles. The number of rotatable bonds is 11. The second-order valence-electron chi connectivity index (χ2n) is 8.48. The van der Waals surface area contributed by atoms with Gasteiger partial charge in [-0.3, -0.25) is 9.59 Å². The topological polar surface area (TPSA) is 81.0 Å². The molecular weight excluding hydrogens is 468 g/mol. The van der Waals surface area contributed by atoms with Crippen LogP contribution in [0.5, 0.6) is 11.5 Å². The smallest absolute Gasteiger partial charge is 0.247 e. The van der Waals surface area contributed by atoms with E-state index in [1.165, 1.54) is 0 Å². The quantitative estimate of drug-likeness (QED) is 0.317. The number of hydrogen-bond donors (Lipinski definition) is 1. The number of carbonyl (C=O) groups is 2. The standard InChI is InChI=1S/C30H30N2O5/c1-35-26-16-15-23(18-27(26)36-2)19-28(33)32(21-22-10-5-3-6-11-22)29(24-12-7-4-8-13-24)30(34)31-20-25-14-9-17-37-25/h3-18,29H,19-21H2,1-2H3,(H,31,34)/t29-/m0/s1. The molecule has 1 heterocycles. The van der Waals surface area contributed by atoms with E-state index in [4.69, 9.17) is 13.9 Å². The molecule has 4 rings (SSSR count). The van der Waals surface area contributed by atoms with Gasteiger partial charge >= 0.3 is 0 Å². The molecule has 1 N–H and O–H groups in total. The van der Waals surface area contributed by atoms with Crippen LogP contribution in [0, 0.1) is 0 Å². The van der Waals surface area contributed by atoms with Gasteiger partial charge in [0, 0.05) is 6.54 Å². The number of carbonyl (C=O) groups excluding carboxylic acids is 2. The molecule has 7 nitrogen and oxygen atoms in total. The number of hydrogen-bond acceptors (Lipinski definition) is 5. The SMILES string of the molecule is COc1ccc(CC(=O)N(Cc2ccccc2)[C@H](C(=O)NCc2ccco2)c2ccccc2)cc1OC. The van der Waals surface area contributed by atoms with E-state index in [9.17, 15) is 9.59 Å². The minimum Gasteiger partial charge on any atom is -0.493 e. The minimum atomic E-state index is -0.844. The van der Waals surface area contributed by atoms with E-state index in [1.807, 2.05) is 66.7 Å². The molecule has 1 atom stereocenters. The fourth-order valence-electron chi connectivity index (χ4n) is 4.16. The molecule has 0 aliphatic carbocycles. The molecule has 0 bridgehead atoms. The van der Waals surface area contributed by atoms with Gasteiger partial charge in [-0.25, -0.2) is 0 Å². The van der Waals surface area contributed by atoms with Crippen LogP contribution in [0.2, 0.25) is 0 Å². The van der Waals surface area contributed by atoms with Crippen LogP contribution in [0.15, 0.2) is 102 Å². The highest BCUT2D eigenvalue weighted by atomic mass is 16.5. The molecule has 0 saturated heterocycles. The fourth-order valence-corrected chi connectivity index (χ4v) is 4.16. The summed E-state index contributed by atoms with van der Waals surface area (Å²) in [7, 11) is 3.12. The lowest BCUT2D eigenvalue weighted by Crippen LogP contribution is -2.43. The molecule has 37 heavy (non-hydrogen) atoms. The Bertz CT molecular complexity index is 1290. The van der Waals surface area contributed by atoms with Gasteiger partial charge in [0.2, 0.25) is 11.8 Å². The van der Waals surface area contributed by atoms with Gasteiger partial charge < -0.3 is 24.1 Å². The molecule has 2 amide bonds. The molecule has 3 aromatic carbocycles. The number of ether oxygens (including phenoxy) is 2. The summed E-state index contributed by atoms with van der Waals surface area (Å²) in [4.78, 5) is 29.1. The summed E-state index contributed by atoms with van der Waals surface area (Å²) in [6.07, 6.45) is 1.65. The molecule has 4 aromatic rings. The molecule has 0 spiro atoms. The summed E-state index contributed by atoms with van der Waals surface area (Å²) in [6.45, 7) is 0.485. The summed E-state index contributed by atoms with van der Waals surface area (Å²) in [5, 5.41) is 2.94. The van der Waals surface area contributed by atoms with Crippen molar-refractivity contribution in [2.24, 2.45) is 0 Å². The molecule has 0 unspecified atom stereocenters. The van der Waals surface area contributed by atoms with Crippen molar-refractivity contribution in [3.05, 3.63) is 120 Å². The van der Waals surface area contributed by atoms with Crippen LogP contribution < -0.4 is 14.8 Å². The lowest BCUT2D eigenvalue weighted by atomic mass is 10.0. The Kier molecular flexibility index (Phi) is 8.60. The average molecular weight is 499 g/mol. The third-order valence-electron chi connectivity index (χ3n) is 6.01. The second-order valence-corrected chi connectivity index (χ2v) is 8.48. The Morgan fingerprint density at radius 3 is 2.19 bits per heavy atom. The van der Waals surface area contributed by atoms with E-state index in [0.29, 0.717) is 17.3 Å². The normalized spacial score (nSPS) is 11.4. The van der Waals surface area contributed by atoms with Crippen molar-refractivity contribution < 1.29 is 23.5 Å². The summed E-state index contributed by atoms with van der Waals surface area (Å²) in [5.41, 5.74) is 2.39. The highest BCUT2D eigenvalue weighted by Crippen LogP contribution is 2.29. The zero-order chi connectivity index (χ0) is 26.0. The van der Waals surface area contributed by atoms with Crippen molar-refractivity contribution in [2.45, 2.75) is 25.6 Å². The number of amides is 2. The van der Waals surface area contributed by atoms with Crippen molar-refractivity contribution in [1.29, 1.82) is 0 Å². The van der Waals surface area contributed by atoms with Crippen molar-refractivity contribution in [3.8, 4) is 11.5 Å². The van der Waals surface area contributed by atoms with Crippen LogP contribution in [-0.2, 0) is 29.1 Å². The molecular formula is C30H30N2O5. The maximum absolute atomic E-state index is 13.9. The number of nitrogens with one attached hydrogen (secondary N) is 1. The van der Waals surface area contributed by atoms with Crippen LogP contribution in [0.1, 0.15) is 28.5 Å². The van der Waals surface area contributed by atoms with Gasteiger partial charge in [-0.15, -0.1) is 0 Å². The van der Waals surface area contributed by atoms with Crippen LogP contribution in [-0.4, -0.2) is 30.9 Å². The van der Waals surface area contributed by atoms with E-state index in [0.717, 1.165) is 16.7 Å². The average Bonchev–Trinajstić information content (AvgIpc) is 3.46. The van der Waals surface area contributed by atoms with Crippen LogP contribution >= 0.6 is 0 Å². The molecule has 0 radical (unpaired) electrons. The van der Waals surface area contributed by atoms with Crippen LogP contribution in [0.25, 0.3) is 0 Å². The number of methoxy groups -OCH3 is 2. The second kappa shape index (κ2) is 12.4. The highest BCUT2D eigenvalue weighted by Gasteiger charge is 2.31. The largest absolute Gasteiger partial charge is 0.493 e. The van der Waals surface area contributed by atoms with Crippen molar-refractivity contribution in [3.63, 3.8) is 0 Å². The fraction of sp³-hybridized carbons (Fsp3) is 0.200. The molecule has 0 fully saturated rings. The summed E-state index contributed by atoms with van der Waals surface area (Å²) < 4.78 is 16.1. The predicted molar refractivity (Wildman–Crippen MR) is 140 cm³/mol. The highest BCUT2D eigenvalue weighted by molar-refractivity contribution is 5.89. The van der Waals surface area contributed by atoms with Gasteiger partial charge in [0.15, 0.2) is 11.5 Å². The third-order valence-corrected chi connectivity index (χ3v) is 6.01. The molecule has 0 aliphatic rings. The summed E-state index contributed by atoms with van der Waals surface area (Å²) in [5.74, 6) is 1.27. The minimum absolute atomic E-state index is 0.0853. The van der Waals surface area contributed by atoms with E-state index in [-0.39, 0.29) is 31.3 Å². The monoisotopic (exact) mass is 498 g/mol. The van der Waals surface area contributed by atoms with Gasteiger partial charge in [0.25, 0.3) is 0 Å². The summed E-state index contributed by atoms with van der Waals surface area (Å²) >= 11 is 0. The van der Waals surface area contributed by atoms with E-state index >= 15 is 0 Å². The van der Waals surface area contributed by atoms with Gasteiger partial charge in [-0.05, 0) is 41.0 Å². The maximum atomic E-state index is 13.9. The molecule has 0 saturated carbocycles. The number of benzene rings is 3. The molecule has 0 aliphatic heterocycles. The first-order chi connectivity index (χ1) is 18.1. The number of furan rings is 1. The zero-order valence-electron chi connectivity index (χ0n) is 20.9. The van der Waals surface area contributed by atoms with E-state index in [1.54, 1.807) is 49.6 Å². The van der Waals surface area contributed by atoms with Gasteiger partial charge in [0.05, 0.1) is 33.4 Å². The first-order valence-electron chi connectivity index (χ1n) is 12.0. The lowest BCUT2D eigenvalue weighted by Gasteiger charge is -2.32. The Morgan fingerprint density at radius 2 is 1.54 bits per heavy atom. The first-order valence-corrected chi connectivity index (χ1v) is 12.0.